The number of carbonyl (C=O) groups excluding carboxylic acids is 2. The van der Waals surface area contributed by atoms with Crippen molar-refractivity contribution in [3.63, 3.8) is 0 Å². The van der Waals surface area contributed by atoms with Crippen LogP contribution in [0, 0.1) is 0 Å². The number of thiazole rings is 1. The Kier molecular flexibility index (Phi) is 6.66. The molecule has 2 aromatic heterocycles. The van der Waals surface area contributed by atoms with E-state index in [1.165, 1.54) is 0 Å². The van der Waals surface area contributed by atoms with Crippen LogP contribution in [0.3, 0.4) is 0 Å². The molecular formula is C25H26N4O2S. The van der Waals surface area contributed by atoms with E-state index in [0.29, 0.717) is 19.6 Å². The smallest absolute Gasteiger partial charge is 0.242 e. The van der Waals surface area contributed by atoms with Gasteiger partial charge in [-0.1, -0.05) is 30.3 Å². The molecule has 1 N–H and O–H groups in total. The maximum Gasteiger partial charge on any atom is 0.242 e. The van der Waals surface area contributed by atoms with E-state index in [4.69, 9.17) is 0 Å². The highest BCUT2D eigenvalue weighted by Gasteiger charge is 2.13. The number of anilines is 1. The molecule has 4 aromatic rings. The van der Waals surface area contributed by atoms with E-state index < -0.39 is 0 Å². The Labute approximate surface area is 191 Å². The zero-order chi connectivity index (χ0) is 22.5. The Morgan fingerprint density at radius 2 is 1.84 bits per heavy atom. The topological polar surface area (TPSA) is 67.2 Å². The molecule has 2 heterocycles. The van der Waals surface area contributed by atoms with Gasteiger partial charge < -0.3 is 14.8 Å². The molecule has 0 radical (unpaired) electrons. The second-order valence-electron chi connectivity index (χ2n) is 7.52. The number of benzene rings is 2. The number of aromatic nitrogens is 2. The van der Waals surface area contributed by atoms with Crippen molar-refractivity contribution in [1.82, 2.24) is 14.5 Å². The van der Waals surface area contributed by atoms with Gasteiger partial charge in [-0.3, -0.25) is 9.59 Å². The highest BCUT2D eigenvalue weighted by Crippen LogP contribution is 2.24. The Bertz CT molecular complexity index is 1230. The first-order valence-corrected chi connectivity index (χ1v) is 11.6. The molecule has 2 amide bonds. The molecule has 0 saturated carbocycles. The standard InChI is InChI=1S/C25H26N4O2S/c1-3-28(4-2)24(31)16-29-13-12-19-14-20(10-11-22(19)29)26-23(30)15-21-17-32-25(27-21)18-8-6-5-7-9-18/h5-14,17H,3-4,15-16H2,1-2H3,(H,26,30). The third-order valence-electron chi connectivity index (χ3n) is 5.39. The fourth-order valence-electron chi connectivity index (χ4n) is 3.71. The number of carbonyl (C=O) groups is 2. The predicted octanol–water partition coefficient (Wildman–Crippen LogP) is 4.81. The first-order valence-electron chi connectivity index (χ1n) is 10.7. The van der Waals surface area contributed by atoms with Crippen LogP contribution in [0.2, 0.25) is 0 Å². The van der Waals surface area contributed by atoms with Gasteiger partial charge >= 0.3 is 0 Å². The molecule has 0 atom stereocenters. The maximum atomic E-state index is 12.6. The zero-order valence-corrected chi connectivity index (χ0v) is 19.1. The highest BCUT2D eigenvalue weighted by molar-refractivity contribution is 7.13. The van der Waals surface area contributed by atoms with Gasteiger partial charge in [0.05, 0.1) is 12.1 Å². The van der Waals surface area contributed by atoms with Gasteiger partial charge in [-0.15, -0.1) is 11.3 Å². The SMILES string of the molecule is CCN(CC)C(=O)Cn1ccc2cc(NC(=O)Cc3csc(-c4ccccc4)n3)ccc21. The second kappa shape index (κ2) is 9.78. The van der Waals surface area contributed by atoms with Crippen LogP contribution >= 0.6 is 11.3 Å². The summed E-state index contributed by atoms with van der Waals surface area (Å²) in [6.07, 6.45) is 2.14. The largest absolute Gasteiger partial charge is 0.342 e. The van der Waals surface area contributed by atoms with Crippen molar-refractivity contribution in [3.05, 3.63) is 71.9 Å². The van der Waals surface area contributed by atoms with Gasteiger partial charge in [-0.05, 0) is 38.1 Å². The molecule has 0 bridgehead atoms. The molecule has 0 aliphatic rings. The van der Waals surface area contributed by atoms with E-state index >= 15 is 0 Å². The molecule has 0 unspecified atom stereocenters. The first-order chi connectivity index (χ1) is 15.6. The predicted molar refractivity (Wildman–Crippen MR) is 130 cm³/mol. The second-order valence-corrected chi connectivity index (χ2v) is 8.38. The number of nitrogens with one attached hydrogen (secondary N) is 1. The van der Waals surface area contributed by atoms with Crippen molar-refractivity contribution in [2.24, 2.45) is 0 Å². The third-order valence-corrected chi connectivity index (χ3v) is 6.33. The van der Waals surface area contributed by atoms with Gasteiger partial charge in [0.25, 0.3) is 0 Å². The molecule has 2 aromatic carbocycles. The van der Waals surface area contributed by atoms with Crippen molar-refractivity contribution in [1.29, 1.82) is 0 Å². The van der Waals surface area contributed by atoms with Crippen LogP contribution in [0.5, 0.6) is 0 Å². The van der Waals surface area contributed by atoms with Crippen LogP contribution in [0.1, 0.15) is 19.5 Å². The van der Waals surface area contributed by atoms with Crippen molar-refractivity contribution in [2.75, 3.05) is 18.4 Å². The summed E-state index contributed by atoms with van der Waals surface area (Å²) in [5.74, 6) is -0.00609. The molecule has 0 fully saturated rings. The number of amides is 2. The molecule has 6 nitrogen and oxygen atoms in total. The lowest BCUT2D eigenvalue weighted by atomic mass is 10.2. The Balaban J connectivity index is 1.41. The Morgan fingerprint density at radius 3 is 2.59 bits per heavy atom. The van der Waals surface area contributed by atoms with E-state index in [9.17, 15) is 9.59 Å². The molecule has 0 aliphatic carbocycles. The lowest BCUT2D eigenvalue weighted by Crippen LogP contribution is -2.33. The van der Waals surface area contributed by atoms with Gasteiger partial charge in [0.15, 0.2) is 0 Å². The Hall–Kier alpha value is -3.45. The van der Waals surface area contributed by atoms with Crippen molar-refractivity contribution >= 4 is 39.7 Å². The molecular weight excluding hydrogens is 420 g/mol. The highest BCUT2D eigenvalue weighted by atomic mass is 32.1. The van der Waals surface area contributed by atoms with Gasteiger partial charge in [0.1, 0.15) is 11.6 Å². The van der Waals surface area contributed by atoms with Gasteiger partial charge in [0, 0.05) is 46.8 Å². The quantitative estimate of drug-likeness (QED) is 0.422. The van der Waals surface area contributed by atoms with Gasteiger partial charge in [0.2, 0.25) is 11.8 Å². The molecule has 4 rings (SSSR count). The van der Waals surface area contributed by atoms with Crippen LogP contribution in [-0.2, 0) is 22.6 Å². The van der Waals surface area contributed by atoms with Gasteiger partial charge in [-0.2, -0.15) is 0 Å². The minimum atomic E-state index is -0.106. The average molecular weight is 447 g/mol. The van der Waals surface area contributed by atoms with Crippen LogP contribution in [-0.4, -0.2) is 39.4 Å². The van der Waals surface area contributed by atoms with E-state index in [1.54, 1.807) is 11.3 Å². The number of hydrogen-bond donors (Lipinski definition) is 1. The first kappa shape index (κ1) is 21.8. The summed E-state index contributed by atoms with van der Waals surface area (Å²) >= 11 is 1.54. The van der Waals surface area contributed by atoms with Crippen LogP contribution < -0.4 is 5.32 Å². The molecule has 0 aliphatic heterocycles. The zero-order valence-electron chi connectivity index (χ0n) is 18.2. The van der Waals surface area contributed by atoms with Crippen molar-refractivity contribution in [2.45, 2.75) is 26.8 Å². The minimum Gasteiger partial charge on any atom is -0.342 e. The number of hydrogen-bond acceptors (Lipinski definition) is 4. The summed E-state index contributed by atoms with van der Waals surface area (Å²) in [5.41, 5.74) is 3.51. The summed E-state index contributed by atoms with van der Waals surface area (Å²) in [4.78, 5) is 31.4. The normalized spacial score (nSPS) is 10.9. The van der Waals surface area contributed by atoms with Crippen LogP contribution in [0.15, 0.2) is 66.2 Å². The summed E-state index contributed by atoms with van der Waals surface area (Å²) in [7, 11) is 0. The fourth-order valence-corrected chi connectivity index (χ4v) is 4.53. The van der Waals surface area contributed by atoms with Crippen molar-refractivity contribution < 1.29 is 9.59 Å². The van der Waals surface area contributed by atoms with Crippen LogP contribution in [0.25, 0.3) is 21.5 Å². The van der Waals surface area contributed by atoms with E-state index in [1.807, 2.05) is 89.5 Å². The number of nitrogens with zero attached hydrogens (tertiary/aromatic N) is 3. The fraction of sp³-hybridized carbons (Fsp3) is 0.240. The summed E-state index contributed by atoms with van der Waals surface area (Å²) in [6.45, 7) is 5.69. The summed E-state index contributed by atoms with van der Waals surface area (Å²) in [5, 5.41) is 6.78. The molecule has 0 saturated heterocycles. The monoisotopic (exact) mass is 446 g/mol. The number of fused-ring (bicyclic) bond motifs is 1. The van der Waals surface area contributed by atoms with E-state index in [2.05, 4.69) is 10.3 Å². The number of likely N-dealkylation sites (N-methyl/N-ethyl adjacent to an activating group) is 1. The minimum absolute atomic E-state index is 0.100. The number of rotatable bonds is 8. The lowest BCUT2D eigenvalue weighted by Gasteiger charge is -2.19. The van der Waals surface area contributed by atoms with E-state index in [-0.39, 0.29) is 18.2 Å². The molecule has 7 heteroatoms. The Morgan fingerprint density at radius 1 is 1.06 bits per heavy atom. The molecule has 164 valence electrons. The molecule has 0 spiro atoms. The third kappa shape index (κ3) is 4.89. The average Bonchev–Trinajstić information content (AvgIpc) is 3.42. The summed E-state index contributed by atoms with van der Waals surface area (Å²) in [6, 6.07) is 17.7. The summed E-state index contributed by atoms with van der Waals surface area (Å²) < 4.78 is 1.95. The maximum absolute atomic E-state index is 12.6. The molecule has 32 heavy (non-hydrogen) atoms. The van der Waals surface area contributed by atoms with E-state index in [0.717, 1.165) is 32.9 Å². The van der Waals surface area contributed by atoms with Crippen LogP contribution in [0.4, 0.5) is 5.69 Å². The lowest BCUT2D eigenvalue weighted by molar-refractivity contribution is -0.131. The van der Waals surface area contributed by atoms with Gasteiger partial charge in [-0.25, -0.2) is 4.98 Å². The van der Waals surface area contributed by atoms with Crippen molar-refractivity contribution in [3.8, 4) is 10.6 Å².